The van der Waals surface area contributed by atoms with Crippen LogP contribution in [0.3, 0.4) is 0 Å². The van der Waals surface area contributed by atoms with Gasteiger partial charge < -0.3 is 14.7 Å². The molecule has 10 heteroatoms. The fourth-order valence-electron chi connectivity index (χ4n) is 1.23. The van der Waals surface area contributed by atoms with E-state index in [0.29, 0.717) is 0 Å². The molecule has 0 fully saturated rings. The average Bonchev–Trinajstić information content (AvgIpc) is 2.28. The monoisotopic (exact) mass is 281 g/mol. The van der Waals surface area contributed by atoms with Crippen LogP contribution in [0.15, 0.2) is 0 Å². The molecular weight excluding hydrogens is 277 g/mol. The maximum Gasteiger partial charge on any atom is 0.524 e. The Morgan fingerprint density at radius 3 is 1.53 bits per heavy atom. The molecular formula is C9H4N3O6P. The van der Waals surface area contributed by atoms with Gasteiger partial charge in [0.05, 0.1) is 0 Å². The summed E-state index contributed by atoms with van der Waals surface area (Å²) in [6.45, 7) is 0. The van der Waals surface area contributed by atoms with Gasteiger partial charge in [0.2, 0.25) is 0 Å². The lowest BCUT2D eigenvalue weighted by atomic mass is 10.0. The highest BCUT2D eigenvalue weighted by molar-refractivity contribution is 7.46. The van der Waals surface area contributed by atoms with Crippen LogP contribution in [0, 0.1) is 34.0 Å². The van der Waals surface area contributed by atoms with Crippen molar-refractivity contribution in [1.29, 1.82) is 15.8 Å². The first-order valence-electron chi connectivity index (χ1n) is 4.34. The normalized spacial score (nSPS) is 10.1. The van der Waals surface area contributed by atoms with Crippen molar-refractivity contribution in [3.8, 4) is 35.5 Å². The zero-order valence-corrected chi connectivity index (χ0v) is 9.79. The van der Waals surface area contributed by atoms with E-state index in [0.717, 1.165) is 0 Å². The summed E-state index contributed by atoms with van der Waals surface area (Å²) in [6, 6.07) is 4.01. The zero-order valence-electron chi connectivity index (χ0n) is 8.89. The molecule has 0 radical (unpaired) electrons. The van der Waals surface area contributed by atoms with Gasteiger partial charge in [-0.15, -0.1) is 0 Å². The first kappa shape index (κ1) is 14.3. The van der Waals surface area contributed by atoms with Gasteiger partial charge in [0.1, 0.15) is 34.9 Å². The van der Waals surface area contributed by atoms with Gasteiger partial charge in [-0.05, 0) is 0 Å². The first-order chi connectivity index (χ1) is 8.76. The molecule has 1 rings (SSSR count). The summed E-state index contributed by atoms with van der Waals surface area (Å²) in [5, 5.41) is 45.3. The third-order valence-electron chi connectivity index (χ3n) is 1.95. The lowest BCUT2D eigenvalue weighted by Crippen LogP contribution is -1.99. The van der Waals surface area contributed by atoms with Crippen molar-refractivity contribution in [2.24, 2.45) is 0 Å². The summed E-state index contributed by atoms with van der Waals surface area (Å²) >= 11 is 0. The van der Waals surface area contributed by atoms with Crippen molar-refractivity contribution in [2.75, 3.05) is 0 Å². The molecule has 0 heterocycles. The Bertz CT molecular complexity index is 676. The van der Waals surface area contributed by atoms with Crippen LogP contribution in [-0.4, -0.2) is 20.0 Å². The standard InChI is InChI=1S/C9H4N3O6P/c10-1-4-7(13)5(2-11)9(18-19(15,16)17)6(3-12)8(4)14/h13-14H,(H2,15,16,17). The number of phosphoric ester groups is 1. The molecule has 1 aromatic carbocycles. The molecule has 0 aromatic heterocycles. The molecule has 0 aliphatic rings. The summed E-state index contributed by atoms with van der Waals surface area (Å²) in [5.74, 6) is -3.07. The number of hydrogen-bond donors (Lipinski definition) is 4. The van der Waals surface area contributed by atoms with E-state index in [4.69, 9.17) is 25.6 Å². The van der Waals surface area contributed by atoms with Gasteiger partial charge >= 0.3 is 7.82 Å². The van der Waals surface area contributed by atoms with E-state index in [2.05, 4.69) is 4.52 Å². The van der Waals surface area contributed by atoms with E-state index in [9.17, 15) is 14.8 Å². The van der Waals surface area contributed by atoms with Gasteiger partial charge in [-0.1, -0.05) is 0 Å². The smallest absolute Gasteiger partial charge is 0.505 e. The Hall–Kier alpha value is -2.76. The number of phenols is 2. The second-order valence-corrected chi connectivity index (χ2v) is 4.23. The van der Waals surface area contributed by atoms with E-state index in [1.807, 2.05) is 0 Å². The molecule has 19 heavy (non-hydrogen) atoms. The van der Waals surface area contributed by atoms with Crippen molar-refractivity contribution in [3.63, 3.8) is 0 Å². The Morgan fingerprint density at radius 2 is 1.26 bits per heavy atom. The van der Waals surface area contributed by atoms with Crippen molar-refractivity contribution in [1.82, 2.24) is 0 Å². The number of rotatable bonds is 2. The quantitative estimate of drug-likeness (QED) is 0.550. The van der Waals surface area contributed by atoms with Crippen LogP contribution >= 0.6 is 7.82 Å². The summed E-state index contributed by atoms with van der Waals surface area (Å²) in [5.41, 5.74) is -2.45. The molecule has 0 spiro atoms. The fourth-order valence-corrected chi connectivity index (χ4v) is 1.65. The van der Waals surface area contributed by atoms with Crippen LogP contribution in [0.2, 0.25) is 0 Å². The summed E-state index contributed by atoms with van der Waals surface area (Å²) in [6.07, 6.45) is 0. The topological polar surface area (TPSA) is 179 Å². The first-order valence-corrected chi connectivity index (χ1v) is 5.87. The third-order valence-corrected chi connectivity index (χ3v) is 2.37. The largest absolute Gasteiger partial charge is 0.524 e. The number of aromatic hydroxyl groups is 2. The molecule has 1 aromatic rings. The number of phenolic OH excluding ortho intramolecular Hbond substituents is 2. The second kappa shape index (κ2) is 4.85. The van der Waals surface area contributed by atoms with E-state index < -0.39 is 41.8 Å². The molecule has 0 aliphatic carbocycles. The van der Waals surface area contributed by atoms with Gasteiger partial charge in [-0.2, -0.15) is 15.8 Å². The molecule has 96 valence electrons. The molecule has 4 N–H and O–H groups in total. The maximum absolute atomic E-state index is 10.7. The zero-order chi connectivity index (χ0) is 14.8. The minimum atomic E-state index is -5.14. The van der Waals surface area contributed by atoms with Crippen molar-refractivity contribution >= 4 is 7.82 Å². The van der Waals surface area contributed by atoms with Crippen molar-refractivity contribution in [2.45, 2.75) is 0 Å². The van der Waals surface area contributed by atoms with Crippen LogP contribution in [0.4, 0.5) is 0 Å². The Balaban J connectivity index is 3.83. The number of hydrogen-bond acceptors (Lipinski definition) is 7. The van der Waals surface area contributed by atoms with Crippen molar-refractivity contribution < 1.29 is 29.1 Å². The molecule has 0 amide bonds. The maximum atomic E-state index is 10.7. The molecule has 0 atom stereocenters. The predicted octanol–water partition coefficient (Wildman–Crippen LogP) is 0.184. The van der Waals surface area contributed by atoms with Crippen LogP contribution in [0.5, 0.6) is 17.2 Å². The Kier molecular flexibility index (Phi) is 3.65. The highest BCUT2D eigenvalue weighted by Crippen LogP contribution is 2.47. The highest BCUT2D eigenvalue weighted by atomic mass is 31.2. The molecule has 0 saturated heterocycles. The van der Waals surface area contributed by atoms with Gasteiger partial charge in [0, 0.05) is 0 Å². The van der Waals surface area contributed by atoms with E-state index in [1.165, 1.54) is 18.2 Å². The summed E-state index contributed by atoms with van der Waals surface area (Å²) < 4.78 is 14.8. The number of nitrogens with zero attached hydrogens (tertiary/aromatic N) is 3. The Labute approximate surface area is 106 Å². The average molecular weight is 281 g/mol. The van der Waals surface area contributed by atoms with Crippen molar-refractivity contribution in [3.05, 3.63) is 16.7 Å². The summed E-state index contributed by atoms with van der Waals surface area (Å²) in [4.78, 5) is 17.3. The highest BCUT2D eigenvalue weighted by Gasteiger charge is 2.29. The molecule has 0 unspecified atom stereocenters. The minimum Gasteiger partial charge on any atom is -0.505 e. The number of benzene rings is 1. The molecule has 9 nitrogen and oxygen atoms in total. The van der Waals surface area contributed by atoms with Crippen LogP contribution in [0.1, 0.15) is 16.7 Å². The van der Waals surface area contributed by atoms with Crippen LogP contribution in [-0.2, 0) is 4.57 Å². The van der Waals surface area contributed by atoms with E-state index in [1.54, 1.807) is 0 Å². The lowest BCUT2D eigenvalue weighted by molar-refractivity contribution is 0.281. The van der Waals surface area contributed by atoms with Crippen LogP contribution in [0.25, 0.3) is 0 Å². The summed E-state index contributed by atoms with van der Waals surface area (Å²) in [7, 11) is -5.14. The van der Waals surface area contributed by atoms with Gasteiger partial charge in [0.15, 0.2) is 17.2 Å². The van der Waals surface area contributed by atoms with Gasteiger partial charge in [0.25, 0.3) is 0 Å². The fraction of sp³-hybridized carbons (Fsp3) is 0. The van der Waals surface area contributed by atoms with Crippen LogP contribution < -0.4 is 4.52 Å². The van der Waals surface area contributed by atoms with E-state index >= 15 is 0 Å². The van der Waals surface area contributed by atoms with Gasteiger partial charge in [-0.3, -0.25) is 9.79 Å². The third kappa shape index (κ3) is 2.57. The lowest BCUT2D eigenvalue weighted by Gasteiger charge is -2.13. The minimum absolute atomic E-state index is 0.772. The number of phosphoric acid groups is 1. The van der Waals surface area contributed by atoms with Gasteiger partial charge in [-0.25, -0.2) is 4.57 Å². The SMILES string of the molecule is N#Cc1c(O)c(C#N)c(OP(=O)(O)O)c(C#N)c1O. The molecule has 0 saturated carbocycles. The Morgan fingerprint density at radius 1 is 0.895 bits per heavy atom. The second-order valence-electron chi connectivity index (χ2n) is 3.07. The number of nitriles is 3. The molecule has 0 bridgehead atoms. The van der Waals surface area contributed by atoms with E-state index in [-0.39, 0.29) is 0 Å². The molecule has 0 aliphatic heterocycles. The predicted molar refractivity (Wildman–Crippen MR) is 56.6 cm³/mol.